The fourth-order valence-electron chi connectivity index (χ4n) is 1.98. The second-order valence-electron chi connectivity index (χ2n) is 4.25. The summed E-state index contributed by atoms with van der Waals surface area (Å²) in [6.45, 7) is 2.97. The number of aliphatic carboxylic acids is 1. The molecule has 0 radical (unpaired) electrons. The van der Waals surface area contributed by atoms with Gasteiger partial charge < -0.3 is 20.1 Å². The molecule has 0 saturated carbocycles. The number of azide groups is 1. The monoisotopic (exact) mass is 297 g/mol. The van der Waals surface area contributed by atoms with Crippen LogP contribution in [0.4, 0.5) is 4.79 Å². The van der Waals surface area contributed by atoms with Gasteiger partial charge in [-0.3, -0.25) is 4.79 Å². The minimum Gasteiger partial charge on any atom is -0.480 e. The maximum atomic E-state index is 11.8. The molecule has 2 amide bonds. The molecule has 2 atom stereocenters. The van der Waals surface area contributed by atoms with Crippen LogP contribution >= 0.6 is 0 Å². The lowest BCUT2D eigenvalue weighted by atomic mass is 10.2. The molecule has 0 spiro atoms. The van der Waals surface area contributed by atoms with Gasteiger partial charge >= 0.3 is 12.1 Å². The highest BCUT2D eigenvalue weighted by Crippen LogP contribution is 2.18. The zero-order chi connectivity index (χ0) is 15.8. The van der Waals surface area contributed by atoms with Crippen molar-refractivity contribution >= 4 is 18.0 Å². The number of likely N-dealkylation sites (tertiary alicyclic amines) is 1. The summed E-state index contributed by atoms with van der Waals surface area (Å²) in [5.74, 6) is -1.79. The Morgan fingerprint density at radius 1 is 1.57 bits per heavy atom. The van der Waals surface area contributed by atoms with E-state index in [0.717, 1.165) is 4.90 Å². The third kappa shape index (κ3) is 4.69. The van der Waals surface area contributed by atoms with E-state index in [2.05, 4.69) is 21.9 Å². The van der Waals surface area contributed by atoms with E-state index in [1.165, 1.54) is 6.08 Å². The molecule has 0 unspecified atom stereocenters. The molecule has 114 valence electrons. The normalized spacial score (nSPS) is 20.3. The van der Waals surface area contributed by atoms with Gasteiger partial charge in [-0.2, -0.15) is 0 Å². The highest BCUT2D eigenvalue weighted by atomic mass is 16.5. The molecule has 2 N–H and O–H groups in total. The Hall–Kier alpha value is -2.74. The number of hydrogen-bond donors (Lipinski definition) is 2. The second-order valence-corrected chi connectivity index (χ2v) is 4.25. The van der Waals surface area contributed by atoms with Crippen molar-refractivity contribution in [2.24, 2.45) is 5.11 Å². The van der Waals surface area contributed by atoms with E-state index in [1.807, 2.05) is 0 Å². The van der Waals surface area contributed by atoms with Gasteiger partial charge in [-0.1, -0.05) is 17.8 Å². The quantitative estimate of drug-likeness (QED) is 0.312. The molecular formula is C11H15N5O5. The van der Waals surface area contributed by atoms with E-state index >= 15 is 0 Å². The van der Waals surface area contributed by atoms with Crippen LogP contribution in [0.5, 0.6) is 0 Å². The molecule has 0 aliphatic carbocycles. The van der Waals surface area contributed by atoms with Crippen molar-refractivity contribution in [3.63, 3.8) is 0 Å². The number of carbonyl (C=O) groups is 3. The van der Waals surface area contributed by atoms with E-state index < -0.39 is 36.6 Å². The van der Waals surface area contributed by atoms with Gasteiger partial charge in [-0.15, -0.1) is 0 Å². The van der Waals surface area contributed by atoms with E-state index in [4.69, 9.17) is 15.4 Å². The third-order valence-corrected chi connectivity index (χ3v) is 2.83. The second kappa shape index (κ2) is 7.75. The molecule has 21 heavy (non-hydrogen) atoms. The summed E-state index contributed by atoms with van der Waals surface area (Å²) < 4.78 is 4.72. The molecule has 1 fully saturated rings. The lowest BCUT2D eigenvalue weighted by Gasteiger charge is -2.20. The zero-order valence-electron chi connectivity index (χ0n) is 11.1. The Kier molecular flexibility index (Phi) is 6.02. The van der Waals surface area contributed by atoms with Crippen molar-refractivity contribution in [1.82, 2.24) is 10.2 Å². The lowest BCUT2D eigenvalue weighted by Crippen LogP contribution is -2.42. The van der Waals surface area contributed by atoms with E-state index in [0.29, 0.717) is 0 Å². The number of carboxylic acids is 1. The van der Waals surface area contributed by atoms with Gasteiger partial charge in [0.05, 0.1) is 6.04 Å². The highest BCUT2D eigenvalue weighted by molar-refractivity contribution is 5.86. The Labute approximate surface area is 120 Å². The number of rotatable bonds is 6. The molecule has 1 rings (SSSR count). The third-order valence-electron chi connectivity index (χ3n) is 2.83. The van der Waals surface area contributed by atoms with Crippen LogP contribution in [0.15, 0.2) is 17.8 Å². The molecular weight excluding hydrogens is 282 g/mol. The molecule has 0 bridgehead atoms. The SMILES string of the molecule is C=CCOC(=O)N[C@@H]1C[C@@H](C(=O)O)N(C(=O)CN=[N+]=[N-])C1. The van der Waals surface area contributed by atoms with Gasteiger partial charge in [-0.05, 0) is 5.53 Å². The van der Waals surface area contributed by atoms with Crippen LogP contribution in [0, 0.1) is 0 Å². The molecule has 1 heterocycles. The van der Waals surface area contributed by atoms with Gasteiger partial charge in [0.15, 0.2) is 0 Å². The number of nitrogens with one attached hydrogen (secondary N) is 1. The van der Waals surface area contributed by atoms with Gasteiger partial charge in [0.25, 0.3) is 0 Å². The van der Waals surface area contributed by atoms with Crippen LogP contribution < -0.4 is 5.32 Å². The van der Waals surface area contributed by atoms with Crippen molar-refractivity contribution in [2.45, 2.75) is 18.5 Å². The fraction of sp³-hybridized carbons (Fsp3) is 0.545. The van der Waals surface area contributed by atoms with Crippen LogP contribution in [0.2, 0.25) is 0 Å². The zero-order valence-corrected chi connectivity index (χ0v) is 11.1. The largest absolute Gasteiger partial charge is 0.480 e. The van der Waals surface area contributed by atoms with E-state index in [1.54, 1.807) is 0 Å². The lowest BCUT2D eigenvalue weighted by molar-refractivity contribution is -0.147. The van der Waals surface area contributed by atoms with Gasteiger partial charge in [0.1, 0.15) is 19.2 Å². The molecule has 1 aliphatic rings. The Bertz CT molecular complexity index is 487. The number of ether oxygens (including phenoxy) is 1. The van der Waals surface area contributed by atoms with Crippen molar-refractivity contribution in [3.8, 4) is 0 Å². The summed E-state index contributed by atoms with van der Waals surface area (Å²) >= 11 is 0. The summed E-state index contributed by atoms with van der Waals surface area (Å²) in [5.41, 5.74) is 8.18. The first-order chi connectivity index (χ1) is 9.99. The van der Waals surface area contributed by atoms with E-state index in [9.17, 15) is 14.4 Å². The summed E-state index contributed by atoms with van der Waals surface area (Å²) in [6, 6.07) is -1.62. The maximum absolute atomic E-state index is 11.8. The Morgan fingerprint density at radius 2 is 2.29 bits per heavy atom. The predicted octanol–water partition coefficient (Wildman–Crippen LogP) is 0.263. The number of amides is 2. The number of carboxylic acid groups (broad SMARTS) is 1. The molecule has 1 aliphatic heterocycles. The summed E-state index contributed by atoms with van der Waals surface area (Å²) in [6.07, 6.45) is 0.734. The standard InChI is InChI=1S/C11H15N5O5/c1-2-3-21-11(20)14-7-4-8(10(18)19)16(6-7)9(17)5-13-15-12/h2,7-8H,1,3-6H2,(H,14,20)(H,18,19)/t7-,8+/m1/s1. The van der Waals surface area contributed by atoms with Crippen molar-refractivity contribution in [3.05, 3.63) is 23.1 Å². The first kappa shape index (κ1) is 16.3. The fourth-order valence-corrected chi connectivity index (χ4v) is 1.98. The highest BCUT2D eigenvalue weighted by Gasteiger charge is 2.40. The minimum absolute atomic E-state index is 0.0138. The smallest absolute Gasteiger partial charge is 0.407 e. The average molecular weight is 297 g/mol. The number of nitrogens with zero attached hydrogens (tertiary/aromatic N) is 4. The van der Waals surface area contributed by atoms with Gasteiger partial charge in [0, 0.05) is 17.9 Å². The molecule has 1 saturated heterocycles. The first-order valence-corrected chi connectivity index (χ1v) is 6.07. The topological polar surface area (TPSA) is 145 Å². The molecule has 10 heteroatoms. The Balaban J connectivity index is 2.65. The molecule has 0 aromatic carbocycles. The maximum Gasteiger partial charge on any atom is 0.407 e. The molecule has 0 aromatic heterocycles. The molecule has 0 aromatic rings. The van der Waals surface area contributed by atoms with Crippen LogP contribution in [0.1, 0.15) is 6.42 Å². The van der Waals surface area contributed by atoms with Crippen LogP contribution in [0.25, 0.3) is 10.4 Å². The summed E-state index contributed by atoms with van der Waals surface area (Å²) in [7, 11) is 0. The number of hydrogen-bond acceptors (Lipinski definition) is 5. The summed E-state index contributed by atoms with van der Waals surface area (Å²) in [4.78, 5) is 37.8. The van der Waals surface area contributed by atoms with Crippen LogP contribution in [-0.4, -0.2) is 59.8 Å². The van der Waals surface area contributed by atoms with Crippen molar-refractivity contribution in [2.75, 3.05) is 19.7 Å². The van der Waals surface area contributed by atoms with Crippen LogP contribution in [0.3, 0.4) is 0 Å². The van der Waals surface area contributed by atoms with Crippen molar-refractivity contribution in [1.29, 1.82) is 0 Å². The average Bonchev–Trinajstić information content (AvgIpc) is 2.86. The first-order valence-electron chi connectivity index (χ1n) is 6.07. The number of alkyl carbamates (subject to hydrolysis) is 1. The number of carbonyl (C=O) groups excluding carboxylic acids is 2. The Morgan fingerprint density at radius 3 is 2.86 bits per heavy atom. The summed E-state index contributed by atoms with van der Waals surface area (Å²) in [5, 5.41) is 14.7. The van der Waals surface area contributed by atoms with Crippen LogP contribution in [-0.2, 0) is 14.3 Å². The van der Waals surface area contributed by atoms with Gasteiger partial charge in [0.2, 0.25) is 5.91 Å². The predicted molar refractivity (Wildman–Crippen MR) is 70.2 cm³/mol. The van der Waals surface area contributed by atoms with Gasteiger partial charge in [-0.25, -0.2) is 9.59 Å². The molecule has 10 nitrogen and oxygen atoms in total. The minimum atomic E-state index is -1.19. The van der Waals surface area contributed by atoms with E-state index in [-0.39, 0.29) is 19.6 Å². The van der Waals surface area contributed by atoms with Crippen molar-refractivity contribution < 1.29 is 24.2 Å².